The van der Waals surface area contributed by atoms with Crippen LogP contribution < -0.4 is 4.74 Å². The van der Waals surface area contributed by atoms with E-state index >= 15 is 0 Å². The van der Waals surface area contributed by atoms with E-state index in [1.807, 2.05) is 6.07 Å². The summed E-state index contributed by atoms with van der Waals surface area (Å²) >= 11 is 0. The van der Waals surface area contributed by atoms with Crippen LogP contribution in [0.4, 0.5) is 13.2 Å². The molecule has 3 nitrogen and oxygen atoms in total. The minimum atomic E-state index is -4.39. The Hall–Kier alpha value is -3.07. The van der Waals surface area contributed by atoms with Gasteiger partial charge in [0.1, 0.15) is 17.5 Å². The Kier molecular flexibility index (Phi) is 3.62. The first-order valence-corrected chi connectivity index (χ1v) is 6.62. The summed E-state index contributed by atoms with van der Waals surface area (Å²) in [5.41, 5.74) is -0.479. The summed E-state index contributed by atoms with van der Waals surface area (Å²) in [5.74, 6) is 0.633. The summed E-state index contributed by atoms with van der Waals surface area (Å²) in [4.78, 5) is 4.01. The molecule has 0 fully saturated rings. The molecule has 0 saturated heterocycles. The van der Waals surface area contributed by atoms with Gasteiger partial charge >= 0.3 is 6.18 Å². The molecule has 3 aromatic rings. The molecular formula is C17H9F3N2O. The van der Waals surface area contributed by atoms with Gasteiger partial charge in [-0.05, 0) is 24.3 Å². The summed E-state index contributed by atoms with van der Waals surface area (Å²) in [7, 11) is 0. The van der Waals surface area contributed by atoms with Gasteiger partial charge in [-0.2, -0.15) is 18.4 Å². The van der Waals surface area contributed by atoms with E-state index in [1.54, 1.807) is 24.3 Å². The van der Waals surface area contributed by atoms with Gasteiger partial charge in [0.25, 0.3) is 0 Å². The number of rotatable bonds is 2. The molecule has 0 saturated carbocycles. The lowest BCUT2D eigenvalue weighted by atomic mass is 10.1. The van der Waals surface area contributed by atoms with Gasteiger partial charge in [-0.3, -0.25) is 0 Å². The molecule has 0 aliphatic heterocycles. The Bertz CT molecular complexity index is 896. The van der Waals surface area contributed by atoms with E-state index in [1.165, 1.54) is 18.3 Å². The van der Waals surface area contributed by atoms with Crippen molar-refractivity contribution in [1.82, 2.24) is 4.98 Å². The molecule has 1 heterocycles. The van der Waals surface area contributed by atoms with Gasteiger partial charge in [-0.25, -0.2) is 4.98 Å². The maximum Gasteiger partial charge on any atom is 0.416 e. The zero-order valence-corrected chi connectivity index (χ0v) is 11.6. The molecule has 2 aromatic carbocycles. The van der Waals surface area contributed by atoms with Crippen LogP contribution in [0.2, 0.25) is 0 Å². The third-order valence-corrected chi connectivity index (χ3v) is 3.27. The number of alkyl halides is 3. The first-order chi connectivity index (χ1) is 11.0. The van der Waals surface area contributed by atoms with Crippen molar-refractivity contribution in [3.8, 4) is 17.6 Å². The predicted octanol–water partition coefficient (Wildman–Crippen LogP) is 4.92. The Labute approximate surface area is 129 Å². The van der Waals surface area contributed by atoms with E-state index in [2.05, 4.69) is 4.98 Å². The Morgan fingerprint density at radius 1 is 0.957 bits per heavy atom. The number of halogens is 3. The Morgan fingerprint density at radius 2 is 1.61 bits per heavy atom. The van der Waals surface area contributed by atoms with Crippen molar-refractivity contribution in [2.75, 3.05) is 0 Å². The minimum Gasteiger partial charge on any atom is -0.455 e. The summed E-state index contributed by atoms with van der Waals surface area (Å²) in [6.07, 6.45) is -3.00. The van der Waals surface area contributed by atoms with E-state index < -0.39 is 11.7 Å². The third kappa shape index (κ3) is 2.94. The highest BCUT2D eigenvalue weighted by molar-refractivity contribution is 5.91. The second kappa shape index (κ2) is 5.61. The largest absolute Gasteiger partial charge is 0.455 e. The highest BCUT2D eigenvalue weighted by Gasteiger charge is 2.30. The van der Waals surface area contributed by atoms with Crippen molar-refractivity contribution in [1.29, 1.82) is 5.26 Å². The zero-order valence-electron chi connectivity index (χ0n) is 11.6. The van der Waals surface area contributed by atoms with Gasteiger partial charge in [0.2, 0.25) is 0 Å². The Morgan fingerprint density at radius 3 is 2.22 bits per heavy atom. The van der Waals surface area contributed by atoms with Crippen LogP contribution in [-0.4, -0.2) is 4.98 Å². The number of aromatic nitrogens is 1. The third-order valence-electron chi connectivity index (χ3n) is 3.27. The van der Waals surface area contributed by atoms with E-state index in [0.29, 0.717) is 16.5 Å². The fourth-order valence-electron chi connectivity index (χ4n) is 2.18. The number of pyridine rings is 1. The lowest BCUT2D eigenvalue weighted by Crippen LogP contribution is -2.04. The van der Waals surface area contributed by atoms with Gasteiger partial charge in [-0.15, -0.1) is 0 Å². The summed E-state index contributed by atoms with van der Waals surface area (Å²) in [6, 6.07) is 13.4. The van der Waals surface area contributed by atoms with Gasteiger partial charge in [-0.1, -0.05) is 24.3 Å². The molecule has 0 bridgehead atoms. The Balaban J connectivity index is 1.98. The van der Waals surface area contributed by atoms with Gasteiger partial charge in [0.15, 0.2) is 5.75 Å². The summed E-state index contributed by atoms with van der Waals surface area (Å²) in [5, 5.41) is 10.4. The lowest BCUT2D eigenvalue weighted by Gasteiger charge is -2.11. The van der Waals surface area contributed by atoms with Crippen molar-refractivity contribution in [3.05, 3.63) is 66.0 Å². The van der Waals surface area contributed by atoms with Gasteiger partial charge < -0.3 is 4.74 Å². The molecule has 0 amide bonds. The van der Waals surface area contributed by atoms with E-state index in [-0.39, 0.29) is 11.4 Å². The SMILES string of the molecule is N#Cc1ncc(Oc2ccc(C(F)(F)F)cc2)c2ccccc12. The molecule has 3 rings (SSSR count). The van der Waals surface area contributed by atoms with Crippen LogP contribution >= 0.6 is 0 Å². The minimum absolute atomic E-state index is 0.259. The molecule has 0 spiro atoms. The van der Waals surface area contributed by atoms with Crippen LogP contribution in [0.15, 0.2) is 54.7 Å². The van der Waals surface area contributed by atoms with Crippen LogP contribution in [-0.2, 0) is 6.18 Å². The first-order valence-electron chi connectivity index (χ1n) is 6.62. The molecule has 0 unspecified atom stereocenters. The van der Waals surface area contributed by atoms with Gasteiger partial charge in [0.05, 0.1) is 11.8 Å². The number of fused-ring (bicyclic) bond motifs is 1. The van der Waals surface area contributed by atoms with Crippen molar-refractivity contribution in [2.45, 2.75) is 6.18 Å². The number of nitriles is 1. The standard InChI is InChI=1S/C17H9F3N2O/c18-17(19,20)11-5-7-12(8-6-11)23-16-10-22-15(9-21)13-3-1-2-4-14(13)16/h1-8,10H. The smallest absolute Gasteiger partial charge is 0.416 e. The molecule has 114 valence electrons. The molecular weight excluding hydrogens is 305 g/mol. The van der Waals surface area contributed by atoms with Crippen molar-refractivity contribution in [2.24, 2.45) is 0 Å². The number of hydrogen-bond donors (Lipinski definition) is 0. The average molecular weight is 314 g/mol. The highest BCUT2D eigenvalue weighted by Crippen LogP contribution is 2.33. The van der Waals surface area contributed by atoms with Crippen LogP contribution in [0.5, 0.6) is 11.5 Å². The van der Waals surface area contributed by atoms with Crippen LogP contribution in [0.1, 0.15) is 11.3 Å². The number of hydrogen-bond acceptors (Lipinski definition) is 3. The molecule has 1 aromatic heterocycles. The molecule has 0 aliphatic carbocycles. The van der Waals surface area contributed by atoms with E-state index in [4.69, 9.17) is 10.00 Å². The topological polar surface area (TPSA) is 45.9 Å². The van der Waals surface area contributed by atoms with Crippen molar-refractivity contribution < 1.29 is 17.9 Å². The van der Waals surface area contributed by atoms with Crippen molar-refractivity contribution >= 4 is 10.8 Å². The maximum atomic E-state index is 12.6. The first kappa shape index (κ1) is 14.9. The van der Waals surface area contributed by atoms with Crippen LogP contribution in [0.3, 0.4) is 0 Å². The number of ether oxygens (including phenoxy) is 1. The van der Waals surface area contributed by atoms with E-state index in [9.17, 15) is 13.2 Å². The maximum absolute atomic E-state index is 12.6. The van der Waals surface area contributed by atoms with Crippen molar-refractivity contribution in [3.63, 3.8) is 0 Å². The van der Waals surface area contributed by atoms with E-state index in [0.717, 1.165) is 12.1 Å². The molecule has 0 atom stereocenters. The number of benzene rings is 2. The number of nitrogens with zero attached hydrogens (tertiary/aromatic N) is 2. The quantitative estimate of drug-likeness (QED) is 0.674. The molecule has 23 heavy (non-hydrogen) atoms. The van der Waals surface area contributed by atoms with Crippen LogP contribution in [0, 0.1) is 11.3 Å². The lowest BCUT2D eigenvalue weighted by molar-refractivity contribution is -0.137. The normalized spacial score (nSPS) is 11.2. The second-order valence-corrected chi connectivity index (χ2v) is 4.75. The van der Waals surface area contributed by atoms with Gasteiger partial charge in [0, 0.05) is 10.8 Å². The molecule has 0 aliphatic rings. The molecule has 6 heteroatoms. The van der Waals surface area contributed by atoms with Crippen LogP contribution in [0.25, 0.3) is 10.8 Å². The fraction of sp³-hybridized carbons (Fsp3) is 0.0588. The zero-order chi connectivity index (χ0) is 16.4. The summed E-state index contributed by atoms with van der Waals surface area (Å²) < 4.78 is 43.3. The summed E-state index contributed by atoms with van der Waals surface area (Å²) in [6.45, 7) is 0. The predicted molar refractivity (Wildman–Crippen MR) is 78.0 cm³/mol. The highest BCUT2D eigenvalue weighted by atomic mass is 19.4. The molecule has 0 radical (unpaired) electrons. The molecule has 0 N–H and O–H groups in total. The average Bonchev–Trinajstić information content (AvgIpc) is 2.55. The second-order valence-electron chi connectivity index (χ2n) is 4.75. The monoisotopic (exact) mass is 314 g/mol. The fourth-order valence-corrected chi connectivity index (χ4v) is 2.18.